The molecule has 0 unspecified atom stereocenters. The third kappa shape index (κ3) is 2.50. The van der Waals surface area contributed by atoms with E-state index in [1.54, 1.807) is 0 Å². The predicted molar refractivity (Wildman–Crippen MR) is 75.4 cm³/mol. The number of nitrogen functional groups attached to an aromatic ring is 1. The number of nitrogens with two attached hydrogens (primary N) is 1. The molecule has 2 N–H and O–H groups in total. The Morgan fingerprint density at radius 3 is 2.39 bits per heavy atom. The Balaban J connectivity index is 2.58. The third-order valence-corrected chi connectivity index (χ3v) is 3.06. The zero-order chi connectivity index (χ0) is 13.3. The van der Waals surface area contributed by atoms with Gasteiger partial charge in [-0.15, -0.1) is 0 Å². The summed E-state index contributed by atoms with van der Waals surface area (Å²) in [5.41, 5.74) is 10.3. The van der Waals surface area contributed by atoms with Crippen molar-refractivity contribution in [2.75, 3.05) is 5.73 Å². The molecule has 0 spiro atoms. The molecule has 0 amide bonds. The summed E-state index contributed by atoms with van der Waals surface area (Å²) in [5.74, 6) is 1.73. The summed E-state index contributed by atoms with van der Waals surface area (Å²) in [5, 5.41) is 0. The van der Waals surface area contributed by atoms with Gasteiger partial charge in [-0.3, -0.25) is 0 Å². The topological polar surface area (TPSA) is 51.8 Å². The summed E-state index contributed by atoms with van der Waals surface area (Å²) >= 11 is 0. The number of nitrogens with zero attached hydrogens (tertiary/aromatic N) is 2. The van der Waals surface area contributed by atoms with Crippen LogP contribution in [0.25, 0.3) is 11.3 Å². The van der Waals surface area contributed by atoms with Gasteiger partial charge in [0.25, 0.3) is 0 Å². The summed E-state index contributed by atoms with van der Waals surface area (Å²) in [7, 11) is 0. The van der Waals surface area contributed by atoms with Gasteiger partial charge in [0, 0.05) is 11.6 Å². The minimum Gasteiger partial charge on any atom is -0.384 e. The van der Waals surface area contributed by atoms with Crippen LogP contribution in [0, 0.1) is 13.8 Å². The number of benzene rings is 1. The van der Waals surface area contributed by atoms with Crippen LogP contribution in [0.2, 0.25) is 0 Å². The lowest BCUT2D eigenvalue weighted by Crippen LogP contribution is -1.99. The van der Waals surface area contributed by atoms with Crippen molar-refractivity contribution in [2.45, 2.75) is 33.6 Å². The van der Waals surface area contributed by atoms with Crippen molar-refractivity contribution < 1.29 is 0 Å². The molecule has 2 aromatic rings. The molecule has 0 saturated heterocycles. The van der Waals surface area contributed by atoms with Crippen LogP contribution in [0.15, 0.2) is 24.3 Å². The van der Waals surface area contributed by atoms with Crippen LogP contribution < -0.4 is 5.73 Å². The molecule has 0 atom stereocenters. The summed E-state index contributed by atoms with van der Waals surface area (Å²) in [6.07, 6.45) is 0. The molecule has 1 aromatic heterocycles. The van der Waals surface area contributed by atoms with Crippen molar-refractivity contribution in [3.63, 3.8) is 0 Å². The van der Waals surface area contributed by atoms with Crippen LogP contribution in [0.3, 0.4) is 0 Å². The molecule has 0 aliphatic heterocycles. The second-order valence-corrected chi connectivity index (χ2v) is 4.95. The Bertz CT molecular complexity index is 554. The number of hydrogen-bond acceptors (Lipinski definition) is 3. The van der Waals surface area contributed by atoms with Crippen molar-refractivity contribution in [3.05, 3.63) is 41.2 Å². The van der Waals surface area contributed by atoms with Gasteiger partial charge in [-0.2, -0.15) is 0 Å². The van der Waals surface area contributed by atoms with E-state index in [1.807, 2.05) is 13.0 Å². The first kappa shape index (κ1) is 12.6. The van der Waals surface area contributed by atoms with Gasteiger partial charge in [-0.1, -0.05) is 26.0 Å². The SMILES string of the molecule is Cc1nc(N)cc(-c2cc(C(C)C)ccc2C)n1. The Morgan fingerprint density at radius 1 is 1.06 bits per heavy atom. The molecule has 0 aliphatic rings. The van der Waals surface area contributed by atoms with Crippen LogP contribution in [0.1, 0.15) is 36.7 Å². The lowest BCUT2D eigenvalue weighted by molar-refractivity contribution is 0.866. The largest absolute Gasteiger partial charge is 0.384 e. The average molecular weight is 241 g/mol. The Morgan fingerprint density at radius 2 is 1.78 bits per heavy atom. The normalized spacial score (nSPS) is 10.9. The molecule has 3 heteroatoms. The van der Waals surface area contributed by atoms with E-state index in [2.05, 4.69) is 48.9 Å². The molecule has 0 radical (unpaired) electrons. The molecule has 18 heavy (non-hydrogen) atoms. The van der Waals surface area contributed by atoms with Crippen LogP contribution in [-0.2, 0) is 0 Å². The highest BCUT2D eigenvalue weighted by Crippen LogP contribution is 2.27. The zero-order valence-electron chi connectivity index (χ0n) is 11.4. The van der Waals surface area contributed by atoms with Gasteiger partial charge >= 0.3 is 0 Å². The predicted octanol–water partition coefficient (Wildman–Crippen LogP) is 3.47. The Labute approximate surface area is 108 Å². The monoisotopic (exact) mass is 241 g/mol. The van der Waals surface area contributed by atoms with Gasteiger partial charge in [0.15, 0.2) is 0 Å². The fourth-order valence-corrected chi connectivity index (χ4v) is 2.00. The van der Waals surface area contributed by atoms with Crippen LogP contribution >= 0.6 is 0 Å². The third-order valence-electron chi connectivity index (χ3n) is 3.06. The van der Waals surface area contributed by atoms with Crippen molar-refractivity contribution in [2.24, 2.45) is 0 Å². The Kier molecular flexibility index (Phi) is 3.32. The van der Waals surface area contributed by atoms with E-state index in [0.717, 1.165) is 11.3 Å². The summed E-state index contributed by atoms with van der Waals surface area (Å²) in [4.78, 5) is 8.59. The van der Waals surface area contributed by atoms with Crippen molar-refractivity contribution in [3.8, 4) is 11.3 Å². The second-order valence-electron chi connectivity index (χ2n) is 4.95. The summed E-state index contributed by atoms with van der Waals surface area (Å²) < 4.78 is 0. The van der Waals surface area contributed by atoms with Gasteiger partial charge in [-0.25, -0.2) is 9.97 Å². The minimum absolute atomic E-state index is 0.504. The van der Waals surface area contributed by atoms with E-state index < -0.39 is 0 Å². The molecule has 1 aromatic carbocycles. The first-order valence-electron chi connectivity index (χ1n) is 6.19. The van der Waals surface area contributed by atoms with Crippen LogP contribution in [0.4, 0.5) is 5.82 Å². The number of rotatable bonds is 2. The molecule has 94 valence electrons. The maximum absolute atomic E-state index is 5.79. The molecule has 2 rings (SSSR count). The van der Waals surface area contributed by atoms with Crippen LogP contribution in [-0.4, -0.2) is 9.97 Å². The fourth-order valence-electron chi connectivity index (χ4n) is 2.00. The molecule has 0 bridgehead atoms. The van der Waals surface area contributed by atoms with Gasteiger partial charge < -0.3 is 5.73 Å². The maximum Gasteiger partial charge on any atom is 0.128 e. The highest BCUT2D eigenvalue weighted by atomic mass is 14.9. The van der Waals surface area contributed by atoms with Gasteiger partial charge in [0.05, 0.1) is 5.69 Å². The lowest BCUT2D eigenvalue weighted by Gasteiger charge is -2.11. The van der Waals surface area contributed by atoms with E-state index in [9.17, 15) is 0 Å². The zero-order valence-corrected chi connectivity index (χ0v) is 11.4. The first-order valence-corrected chi connectivity index (χ1v) is 6.19. The maximum atomic E-state index is 5.79. The molecule has 0 aliphatic carbocycles. The summed E-state index contributed by atoms with van der Waals surface area (Å²) in [6.45, 7) is 8.33. The van der Waals surface area contributed by atoms with Crippen LogP contribution in [0.5, 0.6) is 0 Å². The van der Waals surface area contributed by atoms with Gasteiger partial charge in [0.1, 0.15) is 11.6 Å². The Hall–Kier alpha value is -1.90. The number of anilines is 1. The quantitative estimate of drug-likeness (QED) is 0.876. The van der Waals surface area contributed by atoms with Gasteiger partial charge in [-0.05, 0) is 37.0 Å². The van der Waals surface area contributed by atoms with E-state index in [-0.39, 0.29) is 0 Å². The van der Waals surface area contributed by atoms with E-state index in [4.69, 9.17) is 5.73 Å². The van der Waals surface area contributed by atoms with E-state index in [0.29, 0.717) is 17.6 Å². The molecular weight excluding hydrogens is 222 g/mol. The lowest BCUT2D eigenvalue weighted by atomic mass is 9.96. The molecule has 3 nitrogen and oxygen atoms in total. The molecule has 1 heterocycles. The van der Waals surface area contributed by atoms with Crippen molar-refractivity contribution in [1.29, 1.82) is 0 Å². The minimum atomic E-state index is 0.504. The van der Waals surface area contributed by atoms with Crippen molar-refractivity contribution in [1.82, 2.24) is 9.97 Å². The molecule has 0 saturated carbocycles. The van der Waals surface area contributed by atoms with Gasteiger partial charge in [0.2, 0.25) is 0 Å². The number of aryl methyl sites for hydroxylation is 2. The molecule has 0 fully saturated rings. The standard InChI is InChI=1S/C15H19N3/c1-9(2)12-6-5-10(3)13(7-12)14-8-15(16)18-11(4)17-14/h5-9H,1-4H3,(H2,16,17,18). The van der Waals surface area contributed by atoms with E-state index >= 15 is 0 Å². The highest BCUT2D eigenvalue weighted by Gasteiger charge is 2.08. The summed E-state index contributed by atoms with van der Waals surface area (Å²) in [6, 6.07) is 8.33. The average Bonchev–Trinajstić information content (AvgIpc) is 2.27. The number of hydrogen-bond donors (Lipinski definition) is 1. The molecular formula is C15H19N3. The highest BCUT2D eigenvalue weighted by molar-refractivity contribution is 5.66. The number of aromatic nitrogens is 2. The van der Waals surface area contributed by atoms with E-state index in [1.165, 1.54) is 11.1 Å². The fraction of sp³-hybridized carbons (Fsp3) is 0.333. The first-order chi connectivity index (χ1) is 8.47. The second kappa shape index (κ2) is 4.77. The van der Waals surface area contributed by atoms with Crippen molar-refractivity contribution >= 4 is 5.82 Å². The smallest absolute Gasteiger partial charge is 0.128 e.